The summed E-state index contributed by atoms with van der Waals surface area (Å²) in [6.07, 6.45) is 5.89. The second-order valence-electron chi connectivity index (χ2n) is 9.67. The van der Waals surface area contributed by atoms with Gasteiger partial charge in [0.15, 0.2) is 0 Å². The number of hydrogen-bond donors (Lipinski definition) is 4. The van der Waals surface area contributed by atoms with Crippen molar-refractivity contribution in [1.29, 1.82) is 0 Å². The highest BCUT2D eigenvalue weighted by atomic mass is 16.3. The maximum atomic E-state index is 13.4. The fraction of sp³-hybridized carbons (Fsp3) is 0.500. The summed E-state index contributed by atoms with van der Waals surface area (Å²) in [6, 6.07) is 15.4. The van der Waals surface area contributed by atoms with E-state index in [0.29, 0.717) is 44.1 Å². The molecule has 1 aliphatic heterocycles. The molecule has 1 saturated heterocycles. The van der Waals surface area contributed by atoms with E-state index in [1.165, 1.54) is 12.8 Å². The zero-order chi connectivity index (χ0) is 24.6. The molecule has 0 bridgehead atoms. The van der Waals surface area contributed by atoms with Crippen molar-refractivity contribution in [2.75, 3.05) is 29.9 Å². The van der Waals surface area contributed by atoms with Gasteiger partial charge in [0.2, 0.25) is 5.91 Å². The number of nitrogens with zero attached hydrogens (tertiary/aromatic N) is 1. The van der Waals surface area contributed by atoms with E-state index < -0.39 is 12.1 Å². The lowest BCUT2D eigenvalue weighted by atomic mass is 10.00. The first kappa shape index (κ1) is 25.2. The summed E-state index contributed by atoms with van der Waals surface area (Å²) < 4.78 is 0. The van der Waals surface area contributed by atoms with Gasteiger partial charge in [0.05, 0.1) is 12.1 Å². The number of aliphatic hydroxyl groups is 1. The van der Waals surface area contributed by atoms with Gasteiger partial charge in [-0.3, -0.25) is 9.59 Å². The van der Waals surface area contributed by atoms with Gasteiger partial charge in [-0.15, -0.1) is 0 Å². The molecule has 0 aromatic heterocycles. The van der Waals surface area contributed by atoms with Crippen LogP contribution in [0.15, 0.2) is 48.5 Å². The standard InChI is InChI=1S/C28H38N4O3/c1-2-29-23-16-21(17-24(18-23)32-14-8-13-27(32)34)28(35)31-25(15-20-9-4-3-5-10-20)26(33)19-30-22-11-6-7-12-22/h3-5,9-10,16-18,22,25-26,29-30,33H,2,6-8,11-15,19H2,1H3,(H,31,35)/t25-,26-/m0/s1. The van der Waals surface area contributed by atoms with Crippen LogP contribution >= 0.6 is 0 Å². The number of anilines is 2. The minimum Gasteiger partial charge on any atom is -0.390 e. The second-order valence-corrected chi connectivity index (χ2v) is 9.67. The number of aliphatic hydroxyl groups excluding tert-OH is 1. The molecule has 2 aromatic carbocycles. The van der Waals surface area contributed by atoms with E-state index in [1.807, 2.05) is 49.4 Å². The Hall–Kier alpha value is -2.90. The van der Waals surface area contributed by atoms with E-state index in [-0.39, 0.29) is 11.8 Å². The predicted octanol–water partition coefficient (Wildman–Crippen LogP) is 3.48. The van der Waals surface area contributed by atoms with Crippen LogP contribution in [0.1, 0.15) is 61.4 Å². The monoisotopic (exact) mass is 478 g/mol. The molecule has 35 heavy (non-hydrogen) atoms. The van der Waals surface area contributed by atoms with Crippen LogP contribution in [-0.2, 0) is 11.2 Å². The van der Waals surface area contributed by atoms with Crippen LogP contribution < -0.4 is 20.9 Å². The highest BCUT2D eigenvalue weighted by molar-refractivity contribution is 6.00. The first-order valence-corrected chi connectivity index (χ1v) is 13.0. The van der Waals surface area contributed by atoms with Crippen LogP contribution in [-0.4, -0.2) is 54.7 Å². The van der Waals surface area contributed by atoms with Gasteiger partial charge in [-0.2, -0.15) is 0 Å². The molecule has 1 heterocycles. The maximum absolute atomic E-state index is 13.4. The Bertz CT molecular complexity index is 991. The Kier molecular flexibility index (Phi) is 8.77. The molecule has 2 fully saturated rings. The van der Waals surface area contributed by atoms with E-state index in [2.05, 4.69) is 16.0 Å². The van der Waals surface area contributed by atoms with E-state index in [9.17, 15) is 14.7 Å². The molecule has 7 nitrogen and oxygen atoms in total. The molecule has 4 rings (SSSR count). The first-order valence-electron chi connectivity index (χ1n) is 13.0. The Morgan fingerprint density at radius 2 is 1.89 bits per heavy atom. The number of nitrogens with one attached hydrogen (secondary N) is 3. The minimum absolute atomic E-state index is 0.0837. The predicted molar refractivity (Wildman–Crippen MR) is 140 cm³/mol. The van der Waals surface area contributed by atoms with Crippen molar-refractivity contribution in [3.63, 3.8) is 0 Å². The summed E-state index contributed by atoms with van der Waals surface area (Å²) in [4.78, 5) is 27.5. The maximum Gasteiger partial charge on any atom is 0.251 e. The SMILES string of the molecule is CCNc1cc(C(=O)N[C@@H](Cc2ccccc2)[C@@H](O)CNC2CCCC2)cc(N2CCCC2=O)c1. The van der Waals surface area contributed by atoms with Crippen molar-refractivity contribution < 1.29 is 14.7 Å². The zero-order valence-electron chi connectivity index (χ0n) is 20.6. The van der Waals surface area contributed by atoms with E-state index in [0.717, 1.165) is 36.2 Å². The molecule has 0 spiro atoms. The summed E-state index contributed by atoms with van der Waals surface area (Å²) in [6.45, 7) is 3.81. The molecule has 1 saturated carbocycles. The number of hydrogen-bond acceptors (Lipinski definition) is 5. The quantitative estimate of drug-likeness (QED) is 0.397. The van der Waals surface area contributed by atoms with Crippen molar-refractivity contribution in [2.45, 2.75) is 70.1 Å². The van der Waals surface area contributed by atoms with Crippen molar-refractivity contribution in [3.8, 4) is 0 Å². The fourth-order valence-electron chi connectivity index (χ4n) is 5.09. The van der Waals surface area contributed by atoms with E-state index >= 15 is 0 Å². The van der Waals surface area contributed by atoms with Gasteiger partial charge < -0.3 is 26.0 Å². The van der Waals surface area contributed by atoms with Gasteiger partial charge in [-0.1, -0.05) is 43.2 Å². The molecule has 2 aromatic rings. The third-order valence-corrected chi connectivity index (χ3v) is 7.00. The molecule has 2 aliphatic rings. The van der Waals surface area contributed by atoms with Gasteiger partial charge in [0, 0.05) is 49.0 Å². The van der Waals surface area contributed by atoms with E-state index in [4.69, 9.17) is 0 Å². The smallest absolute Gasteiger partial charge is 0.251 e. The summed E-state index contributed by atoms with van der Waals surface area (Å²) in [5, 5.41) is 20.9. The van der Waals surface area contributed by atoms with Gasteiger partial charge in [0.1, 0.15) is 0 Å². The summed E-state index contributed by atoms with van der Waals surface area (Å²) >= 11 is 0. The highest BCUT2D eigenvalue weighted by Crippen LogP contribution is 2.27. The average Bonchev–Trinajstić information content (AvgIpc) is 3.54. The highest BCUT2D eigenvalue weighted by Gasteiger charge is 2.26. The van der Waals surface area contributed by atoms with Crippen molar-refractivity contribution in [2.24, 2.45) is 0 Å². The van der Waals surface area contributed by atoms with Crippen LogP contribution in [0.5, 0.6) is 0 Å². The second kappa shape index (κ2) is 12.2. The number of benzene rings is 2. The third kappa shape index (κ3) is 6.83. The van der Waals surface area contributed by atoms with Crippen molar-refractivity contribution >= 4 is 23.2 Å². The molecule has 2 atom stereocenters. The van der Waals surface area contributed by atoms with E-state index in [1.54, 1.807) is 11.0 Å². The topological polar surface area (TPSA) is 93.7 Å². The average molecular weight is 479 g/mol. The Labute approximate surface area is 208 Å². The fourth-order valence-corrected chi connectivity index (χ4v) is 5.09. The molecule has 0 radical (unpaired) electrons. The zero-order valence-corrected chi connectivity index (χ0v) is 20.6. The molecule has 2 amide bonds. The summed E-state index contributed by atoms with van der Waals surface area (Å²) in [7, 11) is 0. The van der Waals surface area contributed by atoms with Gasteiger partial charge >= 0.3 is 0 Å². The number of carbonyl (C=O) groups excluding carboxylic acids is 2. The number of amides is 2. The van der Waals surface area contributed by atoms with Crippen LogP contribution in [0.2, 0.25) is 0 Å². The van der Waals surface area contributed by atoms with Gasteiger partial charge in [0.25, 0.3) is 5.91 Å². The Balaban J connectivity index is 1.52. The molecular formula is C28H38N4O3. The lowest BCUT2D eigenvalue weighted by Gasteiger charge is -2.26. The van der Waals surface area contributed by atoms with Crippen LogP contribution in [0.25, 0.3) is 0 Å². The van der Waals surface area contributed by atoms with Crippen LogP contribution in [0.3, 0.4) is 0 Å². The normalized spacial score (nSPS) is 18.0. The molecule has 0 unspecified atom stereocenters. The number of carbonyl (C=O) groups is 2. The van der Waals surface area contributed by atoms with Gasteiger partial charge in [-0.25, -0.2) is 0 Å². The minimum atomic E-state index is -0.726. The van der Waals surface area contributed by atoms with Gasteiger partial charge in [-0.05, 0) is 56.4 Å². The largest absolute Gasteiger partial charge is 0.390 e. The van der Waals surface area contributed by atoms with Crippen molar-refractivity contribution in [1.82, 2.24) is 10.6 Å². The summed E-state index contributed by atoms with van der Waals surface area (Å²) in [5.74, 6) is -0.168. The molecule has 7 heteroatoms. The molecule has 1 aliphatic carbocycles. The Morgan fingerprint density at radius 1 is 1.11 bits per heavy atom. The number of rotatable bonds is 11. The molecular weight excluding hydrogens is 440 g/mol. The van der Waals surface area contributed by atoms with Crippen LogP contribution in [0, 0.1) is 0 Å². The molecule has 4 N–H and O–H groups in total. The first-order chi connectivity index (χ1) is 17.0. The van der Waals surface area contributed by atoms with Crippen LogP contribution in [0.4, 0.5) is 11.4 Å². The summed E-state index contributed by atoms with van der Waals surface area (Å²) in [5.41, 5.74) is 3.08. The molecule has 188 valence electrons. The van der Waals surface area contributed by atoms with Crippen molar-refractivity contribution in [3.05, 3.63) is 59.7 Å². The third-order valence-electron chi connectivity index (χ3n) is 7.00. The lowest BCUT2D eigenvalue weighted by molar-refractivity contribution is -0.117. The Morgan fingerprint density at radius 3 is 2.57 bits per heavy atom. The lowest BCUT2D eigenvalue weighted by Crippen LogP contribution is -2.49.